The van der Waals surface area contributed by atoms with Crippen LogP contribution in [0.2, 0.25) is 0 Å². The molecule has 0 fully saturated rings. The Morgan fingerprint density at radius 3 is 2.24 bits per heavy atom. The van der Waals surface area contributed by atoms with Crippen molar-refractivity contribution >= 4 is 0 Å². The van der Waals surface area contributed by atoms with Gasteiger partial charge in [0.2, 0.25) is 0 Å². The van der Waals surface area contributed by atoms with E-state index < -0.39 is 0 Å². The molecule has 3 nitrogen and oxygen atoms in total. The first-order valence-corrected chi connectivity index (χ1v) is 7.11. The molecule has 0 unspecified atom stereocenters. The summed E-state index contributed by atoms with van der Waals surface area (Å²) in [7, 11) is 5.45. The molecule has 0 saturated carbocycles. The third-order valence-electron chi connectivity index (χ3n) is 3.82. The van der Waals surface area contributed by atoms with E-state index >= 15 is 0 Å². The zero-order valence-electron chi connectivity index (χ0n) is 13.2. The van der Waals surface area contributed by atoms with E-state index in [1.807, 2.05) is 18.2 Å². The molecule has 0 saturated heterocycles. The van der Waals surface area contributed by atoms with E-state index in [0.29, 0.717) is 6.04 Å². The number of hydrogen-bond donors (Lipinski definition) is 0. The summed E-state index contributed by atoms with van der Waals surface area (Å²) in [6.45, 7) is 3.08. The molecule has 0 heterocycles. The molecule has 112 valence electrons. The maximum absolute atomic E-state index is 5.36. The second kappa shape index (κ2) is 7.14. The molecular weight excluding hydrogens is 262 g/mol. The summed E-state index contributed by atoms with van der Waals surface area (Å²) in [5, 5.41) is 0. The maximum atomic E-state index is 5.36. The van der Waals surface area contributed by atoms with Crippen LogP contribution in [0.3, 0.4) is 0 Å². The minimum Gasteiger partial charge on any atom is -0.493 e. The van der Waals surface area contributed by atoms with E-state index in [1.165, 1.54) is 11.1 Å². The van der Waals surface area contributed by atoms with Gasteiger partial charge in [-0.25, -0.2) is 0 Å². The summed E-state index contributed by atoms with van der Waals surface area (Å²) < 4.78 is 10.6. The van der Waals surface area contributed by atoms with E-state index in [0.717, 1.165) is 18.0 Å². The van der Waals surface area contributed by atoms with Crippen LogP contribution in [-0.2, 0) is 6.54 Å². The number of nitrogens with zero attached hydrogens (tertiary/aromatic N) is 1. The van der Waals surface area contributed by atoms with Gasteiger partial charge < -0.3 is 9.47 Å². The van der Waals surface area contributed by atoms with Crippen LogP contribution < -0.4 is 9.47 Å². The molecule has 2 rings (SSSR count). The first-order chi connectivity index (χ1) is 10.2. The Kier molecular flexibility index (Phi) is 5.23. The Morgan fingerprint density at radius 1 is 0.952 bits per heavy atom. The summed E-state index contributed by atoms with van der Waals surface area (Å²) in [6.07, 6.45) is 0. The molecule has 0 amide bonds. The number of ether oxygens (including phenoxy) is 2. The summed E-state index contributed by atoms with van der Waals surface area (Å²) in [5.74, 6) is 1.54. The number of rotatable bonds is 6. The van der Waals surface area contributed by atoms with Gasteiger partial charge >= 0.3 is 0 Å². The molecule has 0 aliphatic rings. The Labute approximate surface area is 127 Å². The molecule has 0 aliphatic carbocycles. The third kappa shape index (κ3) is 3.76. The van der Waals surface area contributed by atoms with Gasteiger partial charge in [-0.15, -0.1) is 0 Å². The van der Waals surface area contributed by atoms with Gasteiger partial charge in [0.05, 0.1) is 14.2 Å². The Morgan fingerprint density at radius 2 is 1.62 bits per heavy atom. The lowest BCUT2D eigenvalue weighted by molar-refractivity contribution is 0.252. The van der Waals surface area contributed by atoms with Crippen LogP contribution in [0, 0.1) is 0 Å². The number of hydrogen-bond acceptors (Lipinski definition) is 3. The van der Waals surface area contributed by atoms with Crippen molar-refractivity contribution in [2.24, 2.45) is 0 Å². The van der Waals surface area contributed by atoms with E-state index in [-0.39, 0.29) is 0 Å². The van der Waals surface area contributed by atoms with Crippen LogP contribution >= 0.6 is 0 Å². The highest BCUT2D eigenvalue weighted by Gasteiger charge is 2.13. The average molecular weight is 285 g/mol. The normalized spacial score (nSPS) is 12.2. The molecule has 21 heavy (non-hydrogen) atoms. The van der Waals surface area contributed by atoms with Crippen molar-refractivity contribution in [2.75, 3.05) is 21.3 Å². The summed E-state index contributed by atoms with van der Waals surface area (Å²) in [5.41, 5.74) is 2.53. The predicted molar refractivity (Wildman–Crippen MR) is 85.9 cm³/mol. The Bertz CT molecular complexity index is 569. The van der Waals surface area contributed by atoms with Crippen LogP contribution in [-0.4, -0.2) is 26.2 Å². The topological polar surface area (TPSA) is 21.7 Å². The summed E-state index contributed by atoms with van der Waals surface area (Å²) in [6, 6.07) is 17.0. The second-order valence-corrected chi connectivity index (χ2v) is 5.19. The van der Waals surface area contributed by atoms with Crippen molar-refractivity contribution in [3.63, 3.8) is 0 Å². The Balaban J connectivity index is 2.10. The first kappa shape index (κ1) is 15.4. The number of benzene rings is 2. The molecule has 2 aromatic carbocycles. The molecule has 0 N–H and O–H groups in total. The molecular formula is C18H23NO2. The van der Waals surface area contributed by atoms with Crippen LogP contribution in [0.4, 0.5) is 0 Å². The first-order valence-electron chi connectivity index (χ1n) is 7.11. The lowest BCUT2D eigenvalue weighted by atomic mass is 10.1. The third-order valence-corrected chi connectivity index (χ3v) is 3.82. The lowest BCUT2D eigenvalue weighted by Gasteiger charge is -2.25. The van der Waals surface area contributed by atoms with Crippen molar-refractivity contribution in [2.45, 2.75) is 19.5 Å². The van der Waals surface area contributed by atoms with Crippen molar-refractivity contribution in [1.82, 2.24) is 4.90 Å². The Hall–Kier alpha value is -2.00. The maximum Gasteiger partial charge on any atom is 0.161 e. The smallest absolute Gasteiger partial charge is 0.161 e. The monoisotopic (exact) mass is 285 g/mol. The van der Waals surface area contributed by atoms with Crippen molar-refractivity contribution in [3.8, 4) is 11.5 Å². The predicted octanol–water partition coefficient (Wildman–Crippen LogP) is 3.90. The van der Waals surface area contributed by atoms with E-state index in [4.69, 9.17) is 9.47 Å². The van der Waals surface area contributed by atoms with Gasteiger partial charge in [-0.3, -0.25) is 4.90 Å². The highest BCUT2D eigenvalue weighted by Crippen LogP contribution is 2.29. The fraction of sp³-hybridized carbons (Fsp3) is 0.333. The van der Waals surface area contributed by atoms with Crippen molar-refractivity contribution < 1.29 is 9.47 Å². The largest absolute Gasteiger partial charge is 0.493 e. The van der Waals surface area contributed by atoms with Crippen LogP contribution in [0.1, 0.15) is 24.1 Å². The summed E-state index contributed by atoms with van der Waals surface area (Å²) >= 11 is 0. The van der Waals surface area contributed by atoms with E-state index in [1.54, 1.807) is 14.2 Å². The SMILES string of the molecule is COc1ccc(CN(C)[C@H](C)c2ccccc2)cc1OC. The van der Waals surface area contributed by atoms with Crippen molar-refractivity contribution in [1.29, 1.82) is 0 Å². The van der Waals surface area contributed by atoms with Crippen LogP contribution in [0.5, 0.6) is 11.5 Å². The van der Waals surface area contributed by atoms with Gasteiger partial charge in [0.15, 0.2) is 11.5 Å². The molecule has 2 aromatic rings. The van der Waals surface area contributed by atoms with E-state index in [9.17, 15) is 0 Å². The van der Waals surface area contributed by atoms with Gasteiger partial charge in [-0.05, 0) is 37.2 Å². The summed E-state index contributed by atoms with van der Waals surface area (Å²) in [4.78, 5) is 2.32. The van der Waals surface area contributed by atoms with Gasteiger partial charge in [-0.1, -0.05) is 36.4 Å². The fourth-order valence-electron chi connectivity index (χ4n) is 2.39. The standard InChI is InChI=1S/C18H23NO2/c1-14(16-8-6-5-7-9-16)19(2)13-15-10-11-17(20-3)18(12-15)21-4/h5-12,14H,13H2,1-4H3/t14-/m1/s1. The van der Waals surface area contributed by atoms with Gasteiger partial charge in [0.25, 0.3) is 0 Å². The molecule has 0 spiro atoms. The average Bonchev–Trinajstić information content (AvgIpc) is 2.54. The number of methoxy groups -OCH3 is 2. The second-order valence-electron chi connectivity index (χ2n) is 5.19. The van der Waals surface area contributed by atoms with Gasteiger partial charge in [0.1, 0.15) is 0 Å². The zero-order valence-corrected chi connectivity index (χ0v) is 13.2. The molecule has 0 aliphatic heterocycles. The zero-order chi connectivity index (χ0) is 15.2. The van der Waals surface area contributed by atoms with Crippen LogP contribution in [0.25, 0.3) is 0 Å². The van der Waals surface area contributed by atoms with Crippen molar-refractivity contribution in [3.05, 3.63) is 59.7 Å². The molecule has 0 radical (unpaired) electrons. The quantitative estimate of drug-likeness (QED) is 0.803. The molecule has 3 heteroatoms. The highest BCUT2D eigenvalue weighted by atomic mass is 16.5. The molecule has 1 atom stereocenters. The van der Waals surface area contributed by atoms with Crippen LogP contribution in [0.15, 0.2) is 48.5 Å². The van der Waals surface area contributed by atoms with Gasteiger partial charge in [0, 0.05) is 12.6 Å². The lowest BCUT2D eigenvalue weighted by Crippen LogP contribution is -2.21. The molecule has 0 bridgehead atoms. The van der Waals surface area contributed by atoms with Gasteiger partial charge in [-0.2, -0.15) is 0 Å². The minimum absolute atomic E-state index is 0.360. The molecule has 0 aromatic heterocycles. The van der Waals surface area contributed by atoms with E-state index in [2.05, 4.69) is 49.2 Å². The fourth-order valence-corrected chi connectivity index (χ4v) is 2.39. The highest BCUT2D eigenvalue weighted by molar-refractivity contribution is 5.42. The minimum atomic E-state index is 0.360.